The predicted molar refractivity (Wildman–Crippen MR) is 68.0 cm³/mol. The first-order valence-electron chi connectivity index (χ1n) is 6.20. The Labute approximate surface area is 111 Å². The number of hydrogen-bond donors (Lipinski definition) is 1. The highest BCUT2D eigenvalue weighted by Crippen LogP contribution is 2.25. The summed E-state index contributed by atoms with van der Waals surface area (Å²) >= 11 is 0. The minimum absolute atomic E-state index is 0.187. The van der Waals surface area contributed by atoms with Gasteiger partial charge in [0, 0.05) is 6.61 Å². The van der Waals surface area contributed by atoms with Crippen LogP contribution >= 0.6 is 0 Å². The predicted octanol–water partition coefficient (Wildman–Crippen LogP) is 2.67. The molecular formula is C13H16N4O2. The molecule has 2 heterocycles. The third-order valence-corrected chi connectivity index (χ3v) is 2.68. The van der Waals surface area contributed by atoms with Crippen LogP contribution in [0.3, 0.4) is 0 Å². The van der Waals surface area contributed by atoms with Crippen molar-refractivity contribution >= 4 is 0 Å². The lowest BCUT2D eigenvalue weighted by Gasteiger charge is -2.16. The van der Waals surface area contributed by atoms with Crippen molar-refractivity contribution in [3.05, 3.63) is 23.7 Å². The Kier molecular flexibility index (Phi) is 3.97. The second-order valence-corrected chi connectivity index (χ2v) is 4.48. The van der Waals surface area contributed by atoms with Crippen molar-refractivity contribution in [2.45, 2.75) is 26.9 Å². The molecule has 2 rings (SSSR count). The summed E-state index contributed by atoms with van der Waals surface area (Å²) in [5, 5.41) is 12.7. The van der Waals surface area contributed by atoms with E-state index in [0.717, 1.165) is 0 Å². The summed E-state index contributed by atoms with van der Waals surface area (Å²) in [6.07, 6.45) is -0.187. The van der Waals surface area contributed by atoms with Gasteiger partial charge in [-0.05, 0) is 25.0 Å². The van der Waals surface area contributed by atoms with E-state index < -0.39 is 0 Å². The summed E-state index contributed by atoms with van der Waals surface area (Å²) < 4.78 is 10.8. The zero-order valence-electron chi connectivity index (χ0n) is 11.2. The van der Waals surface area contributed by atoms with Gasteiger partial charge in [-0.15, -0.1) is 0 Å². The molecule has 0 aliphatic heterocycles. The molecule has 0 amide bonds. The first kappa shape index (κ1) is 13.3. The lowest BCUT2D eigenvalue weighted by Crippen LogP contribution is -2.12. The quantitative estimate of drug-likeness (QED) is 0.892. The highest BCUT2D eigenvalue weighted by atomic mass is 16.5. The second kappa shape index (κ2) is 5.67. The van der Waals surface area contributed by atoms with Gasteiger partial charge in [0.1, 0.15) is 23.6 Å². The molecule has 0 saturated heterocycles. The molecule has 0 aromatic carbocycles. The standard InChI is InChI=1S/C13H16N4O2/c1-4-18-11(8(2)3)12-16-13(19-17-12)10-6-5-9(7-14)15-10/h5-6,8,11,15H,4H2,1-3H3. The second-order valence-electron chi connectivity index (χ2n) is 4.48. The average molecular weight is 260 g/mol. The van der Waals surface area contributed by atoms with Gasteiger partial charge in [0.05, 0.1) is 0 Å². The molecule has 6 heteroatoms. The third-order valence-electron chi connectivity index (χ3n) is 2.68. The number of nitrogens with one attached hydrogen (secondary N) is 1. The van der Waals surface area contributed by atoms with Crippen LogP contribution in [0.4, 0.5) is 0 Å². The van der Waals surface area contributed by atoms with Crippen molar-refractivity contribution < 1.29 is 9.26 Å². The molecular weight excluding hydrogens is 244 g/mol. The van der Waals surface area contributed by atoms with Crippen LogP contribution in [0.25, 0.3) is 11.6 Å². The fraction of sp³-hybridized carbons (Fsp3) is 0.462. The van der Waals surface area contributed by atoms with Gasteiger partial charge in [-0.2, -0.15) is 10.2 Å². The summed E-state index contributed by atoms with van der Waals surface area (Å²) in [6, 6.07) is 5.42. The van der Waals surface area contributed by atoms with E-state index in [1.165, 1.54) is 0 Å². The number of hydrogen-bond acceptors (Lipinski definition) is 5. The molecule has 0 fully saturated rings. The molecule has 0 bridgehead atoms. The third kappa shape index (κ3) is 2.83. The van der Waals surface area contributed by atoms with Crippen LogP contribution in [-0.4, -0.2) is 21.7 Å². The average Bonchev–Trinajstić information content (AvgIpc) is 3.03. The van der Waals surface area contributed by atoms with E-state index in [4.69, 9.17) is 14.5 Å². The fourth-order valence-electron chi connectivity index (χ4n) is 1.79. The Bertz CT molecular complexity index is 579. The molecule has 1 N–H and O–H groups in total. The number of ether oxygens (including phenoxy) is 1. The summed E-state index contributed by atoms with van der Waals surface area (Å²) in [5.41, 5.74) is 1.09. The molecule has 100 valence electrons. The van der Waals surface area contributed by atoms with Gasteiger partial charge in [0.25, 0.3) is 5.89 Å². The first-order chi connectivity index (χ1) is 9.15. The molecule has 0 saturated carbocycles. The molecule has 0 radical (unpaired) electrons. The van der Waals surface area contributed by atoms with E-state index in [0.29, 0.717) is 29.7 Å². The summed E-state index contributed by atoms with van der Waals surface area (Å²) in [6.45, 7) is 6.60. The number of nitriles is 1. The van der Waals surface area contributed by atoms with Crippen molar-refractivity contribution in [2.75, 3.05) is 6.61 Å². The maximum atomic E-state index is 8.77. The molecule has 0 aliphatic rings. The Balaban J connectivity index is 2.25. The zero-order valence-corrected chi connectivity index (χ0v) is 11.2. The van der Waals surface area contributed by atoms with E-state index >= 15 is 0 Å². The van der Waals surface area contributed by atoms with Crippen LogP contribution in [0.15, 0.2) is 16.7 Å². The van der Waals surface area contributed by atoms with Gasteiger partial charge in [-0.25, -0.2) is 0 Å². The van der Waals surface area contributed by atoms with Crippen molar-refractivity contribution in [3.8, 4) is 17.7 Å². The Morgan fingerprint density at radius 2 is 2.26 bits per heavy atom. The normalized spacial score (nSPS) is 12.6. The van der Waals surface area contributed by atoms with Gasteiger partial charge in [0.2, 0.25) is 5.82 Å². The lowest BCUT2D eigenvalue weighted by molar-refractivity contribution is 0.0217. The maximum absolute atomic E-state index is 8.77. The number of aromatic nitrogens is 3. The molecule has 0 spiro atoms. The molecule has 1 atom stereocenters. The van der Waals surface area contributed by atoms with Gasteiger partial charge in [0.15, 0.2) is 0 Å². The molecule has 0 aliphatic carbocycles. The van der Waals surface area contributed by atoms with E-state index in [1.807, 2.05) is 26.8 Å². The molecule has 2 aromatic rings. The molecule has 6 nitrogen and oxygen atoms in total. The SMILES string of the molecule is CCOC(c1noc(-c2ccc(C#N)[nH]2)n1)C(C)C. The number of nitrogens with zero attached hydrogens (tertiary/aromatic N) is 3. The van der Waals surface area contributed by atoms with Crippen molar-refractivity contribution in [1.29, 1.82) is 5.26 Å². The minimum atomic E-state index is -0.187. The van der Waals surface area contributed by atoms with Crippen LogP contribution < -0.4 is 0 Å². The Hall–Kier alpha value is -2.13. The zero-order chi connectivity index (χ0) is 13.8. The topological polar surface area (TPSA) is 87.7 Å². The number of rotatable bonds is 5. The smallest absolute Gasteiger partial charge is 0.274 e. The van der Waals surface area contributed by atoms with Crippen LogP contribution in [0.5, 0.6) is 0 Å². The number of H-pyrrole nitrogens is 1. The van der Waals surface area contributed by atoms with Crippen molar-refractivity contribution in [1.82, 2.24) is 15.1 Å². The lowest BCUT2D eigenvalue weighted by atomic mass is 10.1. The van der Waals surface area contributed by atoms with Gasteiger partial charge >= 0.3 is 0 Å². The monoisotopic (exact) mass is 260 g/mol. The molecule has 2 aromatic heterocycles. The van der Waals surface area contributed by atoms with Crippen molar-refractivity contribution in [3.63, 3.8) is 0 Å². The van der Waals surface area contributed by atoms with Crippen LogP contribution in [0.1, 0.15) is 38.4 Å². The van der Waals surface area contributed by atoms with Crippen molar-refractivity contribution in [2.24, 2.45) is 5.92 Å². The summed E-state index contributed by atoms with van der Waals surface area (Å²) in [7, 11) is 0. The van der Waals surface area contributed by atoms with Crippen LogP contribution in [-0.2, 0) is 4.74 Å². The highest BCUT2D eigenvalue weighted by molar-refractivity contribution is 5.49. The van der Waals surface area contributed by atoms with Crippen LogP contribution in [0.2, 0.25) is 0 Å². The van der Waals surface area contributed by atoms with Gasteiger partial charge < -0.3 is 14.2 Å². The molecule has 19 heavy (non-hydrogen) atoms. The van der Waals surface area contributed by atoms with Gasteiger partial charge in [-0.3, -0.25) is 0 Å². The first-order valence-corrected chi connectivity index (χ1v) is 6.20. The van der Waals surface area contributed by atoms with E-state index in [-0.39, 0.29) is 12.0 Å². The van der Waals surface area contributed by atoms with Crippen LogP contribution in [0, 0.1) is 17.2 Å². The fourth-order valence-corrected chi connectivity index (χ4v) is 1.79. The number of aromatic amines is 1. The Morgan fingerprint density at radius 1 is 1.47 bits per heavy atom. The van der Waals surface area contributed by atoms with E-state index in [1.54, 1.807) is 12.1 Å². The summed E-state index contributed by atoms with van der Waals surface area (Å²) in [4.78, 5) is 7.22. The van der Waals surface area contributed by atoms with E-state index in [2.05, 4.69) is 15.1 Å². The summed E-state index contributed by atoms with van der Waals surface area (Å²) in [5.74, 6) is 1.14. The largest absolute Gasteiger partial charge is 0.370 e. The molecule has 1 unspecified atom stereocenters. The van der Waals surface area contributed by atoms with E-state index in [9.17, 15) is 0 Å². The highest BCUT2D eigenvalue weighted by Gasteiger charge is 2.22. The Morgan fingerprint density at radius 3 is 2.84 bits per heavy atom. The van der Waals surface area contributed by atoms with Gasteiger partial charge in [-0.1, -0.05) is 19.0 Å². The maximum Gasteiger partial charge on any atom is 0.274 e. The minimum Gasteiger partial charge on any atom is -0.370 e.